The first-order valence-corrected chi connectivity index (χ1v) is 7.62. The normalized spacial score (nSPS) is 14.4. The molecule has 0 aromatic carbocycles. The number of hydrogen-bond donors (Lipinski definition) is 0. The van der Waals surface area contributed by atoms with Gasteiger partial charge in [-0.25, -0.2) is 19.3 Å². The summed E-state index contributed by atoms with van der Waals surface area (Å²) in [4.78, 5) is 17.1. The SMILES string of the molecule is CC.Cc1cnc(N2CCN(c3ccc(F)cn3)CC2)nc1. The lowest BCUT2D eigenvalue weighted by atomic mass is 10.3. The van der Waals surface area contributed by atoms with Gasteiger partial charge in [-0.05, 0) is 24.6 Å². The van der Waals surface area contributed by atoms with Gasteiger partial charge in [-0.2, -0.15) is 0 Å². The van der Waals surface area contributed by atoms with Crippen molar-refractivity contribution in [2.24, 2.45) is 0 Å². The first-order valence-electron chi connectivity index (χ1n) is 7.62. The fraction of sp³-hybridized carbons (Fsp3) is 0.438. The zero-order chi connectivity index (χ0) is 15.9. The van der Waals surface area contributed by atoms with Gasteiger partial charge in [0.25, 0.3) is 0 Å². The van der Waals surface area contributed by atoms with Crippen molar-refractivity contribution in [2.75, 3.05) is 36.0 Å². The van der Waals surface area contributed by atoms with Crippen LogP contribution in [0, 0.1) is 12.7 Å². The molecule has 0 bridgehead atoms. The molecule has 0 N–H and O–H groups in total. The summed E-state index contributed by atoms with van der Waals surface area (Å²) < 4.78 is 12.9. The summed E-state index contributed by atoms with van der Waals surface area (Å²) in [5, 5.41) is 0. The molecule has 0 radical (unpaired) electrons. The van der Waals surface area contributed by atoms with Gasteiger partial charge in [0, 0.05) is 38.6 Å². The standard InChI is InChI=1S/C14H16FN5.C2H6/c1-11-8-17-14(18-9-11)20-6-4-19(5-7-20)13-3-2-12(15)10-16-13;1-2/h2-3,8-10H,4-7H2,1H3;1-2H3. The van der Waals surface area contributed by atoms with Gasteiger partial charge in [-0.1, -0.05) is 13.8 Å². The molecule has 3 rings (SSSR count). The van der Waals surface area contributed by atoms with Crippen LogP contribution in [0.2, 0.25) is 0 Å². The highest BCUT2D eigenvalue weighted by Gasteiger charge is 2.19. The van der Waals surface area contributed by atoms with E-state index in [4.69, 9.17) is 0 Å². The van der Waals surface area contributed by atoms with Crippen molar-refractivity contribution in [1.82, 2.24) is 15.0 Å². The highest BCUT2D eigenvalue weighted by molar-refractivity contribution is 5.42. The van der Waals surface area contributed by atoms with Crippen LogP contribution in [0.4, 0.5) is 16.2 Å². The Labute approximate surface area is 130 Å². The lowest BCUT2D eigenvalue weighted by Gasteiger charge is -2.35. The predicted octanol–water partition coefficient (Wildman–Crippen LogP) is 2.67. The number of anilines is 2. The second-order valence-corrected chi connectivity index (χ2v) is 4.87. The van der Waals surface area contributed by atoms with Gasteiger partial charge in [0.05, 0.1) is 6.20 Å². The summed E-state index contributed by atoms with van der Waals surface area (Å²) in [7, 11) is 0. The molecule has 6 heteroatoms. The third kappa shape index (κ3) is 3.90. The number of piperazine rings is 1. The van der Waals surface area contributed by atoms with Crippen LogP contribution in [0.1, 0.15) is 19.4 Å². The predicted molar refractivity (Wildman–Crippen MR) is 86.7 cm³/mol. The molecule has 2 aromatic rings. The number of aromatic nitrogens is 3. The lowest BCUT2D eigenvalue weighted by Crippen LogP contribution is -2.47. The summed E-state index contributed by atoms with van der Waals surface area (Å²) in [5.74, 6) is 1.28. The molecule has 1 aliphatic heterocycles. The fourth-order valence-electron chi connectivity index (χ4n) is 2.24. The molecule has 0 atom stereocenters. The van der Waals surface area contributed by atoms with E-state index in [0.29, 0.717) is 0 Å². The Kier molecular flexibility index (Phi) is 5.63. The molecule has 0 spiro atoms. The van der Waals surface area contributed by atoms with Gasteiger partial charge in [0.1, 0.15) is 11.6 Å². The maximum Gasteiger partial charge on any atom is 0.225 e. The number of nitrogens with zero attached hydrogens (tertiary/aromatic N) is 5. The first-order chi connectivity index (χ1) is 10.7. The van der Waals surface area contributed by atoms with Gasteiger partial charge >= 0.3 is 0 Å². The second kappa shape index (κ2) is 7.68. The minimum Gasteiger partial charge on any atom is -0.353 e. The van der Waals surface area contributed by atoms with E-state index >= 15 is 0 Å². The molecule has 0 aliphatic carbocycles. The van der Waals surface area contributed by atoms with Crippen LogP contribution in [0.3, 0.4) is 0 Å². The third-order valence-corrected chi connectivity index (χ3v) is 3.37. The van der Waals surface area contributed by atoms with E-state index in [1.54, 1.807) is 6.07 Å². The number of halogens is 1. The van der Waals surface area contributed by atoms with Crippen LogP contribution in [0.25, 0.3) is 0 Å². The average molecular weight is 303 g/mol. The minimum atomic E-state index is -0.305. The molecule has 118 valence electrons. The average Bonchev–Trinajstić information content (AvgIpc) is 2.58. The molecular formula is C16H22FN5. The Balaban J connectivity index is 0.000000847. The van der Waals surface area contributed by atoms with E-state index in [-0.39, 0.29) is 5.82 Å². The quantitative estimate of drug-likeness (QED) is 0.853. The van der Waals surface area contributed by atoms with Crippen molar-refractivity contribution in [2.45, 2.75) is 20.8 Å². The number of pyridine rings is 1. The topological polar surface area (TPSA) is 45.2 Å². The Morgan fingerprint density at radius 2 is 1.45 bits per heavy atom. The molecular weight excluding hydrogens is 281 g/mol. The summed E-state index contributed by atoms with van der Waals surface area (Å²) in [5.41, 5.74) is 1.06. The highest BCUT2D eigenvalue weighted by atomic mass is 19.1. The van der Waals surface area contributed by atoms with Crippen molar-refractivity contribution in [3.05, 3.63) is 42.1 Å². The molecule has 2 aromatic heterocycles. The van der Waals surface area contributed by atoms with Gasteiger partial charge in [-0.3, -0.25) is 0 Å². The fourth-order valence-corrected chi connectivity index (χ4v) is 2.24. The van der Waals surface area contributed by atoms with Gasteiger partial charge < -0.3 is 9.80 Å². The van der Waals surface area contributed by atoms with Crippen molar-refractivity contribution >= 4 is 11.8 Å². The molecule has 5 nitrogen and oxygen atoms in total. The molecule has 1 saturated heterocycles. The van der Waals surface area contributed by atoms with Crippen molar-refractivity contribution in [3.8, 4) is 0 Å². The molecule has 1 aliphatic rings. The maximum atomic E-state index is 12.9. The summed E-state index contributed by atoms with van der Waals surface area (Å²) in [6.45, 7) is 9.30. The molecule has 0 saturated carbocycles. The Morgan fingerprint density at radius 1 is 0.864 bits per heavy atom. The van der Waals surface area contributed by atoms with E-state index in [2.05, 4.69) is 24.8 Å². The Bertz CT molecular complexity index is 509. The largest absolute Gasteiger partial charge is 0.353 e. The van der Waals surface area contributed by atoms with Crippen molar-refractivity contribution in [1.29, 1.82) is 0 Å². The molecule has 22 heavy (non-hydrogen) atoms. The Morgan fingerprint density at radius 3 is 2.00 bits per heavy atom. The van der Waals surface area contributed by atoms with E-state index in [1.165, 1.54) is 12.3 Å². The van der Waals surface area contributed by atoms with Crippen LogP contribution in [0.15, 0.2) is 30.7 Å². The second-order valence-electron chi connectivity index (χ2n) is 4.87. The molecule has 0 amide bonds. The maximum absolute atomic E-state index is 12.9. The summed E-state index contributed by atoms with van der Waals surface area (Å²) >= 11 is 0. The van der Waals surface area contributed by atoms with Gasteiger partial charge in [-0.15, -0.1) is 0 Å². The molecule has 3 heterocycles. The summed E-state index contributed by atoms with van der Waals surface area (Å²) in [6.07, 6.45) is 4.91. The highest BCUT2D eigenvalue weighted by Crippen LogP contribution is 2.16. The monoisotopic (exact) mass is 303 g/mol. The Hall–Kier alpha value is -2.24. The van der Waals surface area contributed by atoms with Gasteiger partial charge in [0.2, 0.25) is 5.95 Å². The third-order valence-electron chi connectivity index (χ3n) is 3.37. The van der Waals surface area contributed by atoms with Crippen LogP contribution in [0.5, 0.6) is 0 Å². The van der Waals surface area contributed by atoms with E-state index < -0.39 is 0 Å². The number of aryl methyl sites for hydroxylation is 1. The van der Waals surface area contributed by atoms with Crippen LogP contribution in [-0.2, 0) is 0 Å². The zero-order valence-corrected chi connectivity index (χ0v) is 13.3. The van der Waals surface area contributed by atoms with Crippen LogP contribution in [-0.4, -0.2) is 41.1 Å². The van der Waals surface area contributed by atoms with E-state index in [1.807, 2.05) is 33.2 Å². The number of rotatable bonds is 2. The van der Waals surface area contributed by atoms with Crippen molar-refractivity contribution in [3.63, 3.8) is 0 Å². The zero-order valence-electron chi connectivity index (χ0n) is 13.3. The number of hydrogen-bond acceptors (Lipinski definition) is 5. The van der Waals surface area contributed by atoms with Gasteiger partial charge in [0.15, 0.2) is 0 Å². The summed E-state index contributed by atoms with van der Waals surface area (Å²) in [6, 6.07) is 3.16. The first kappa shape index (κ1) is 16.1. The van der Waals surface area contributed by atoms with Crippen LogP contribution >= 0.6 is 0 Å². The van der Waals surface area contributed by atoms with E-state index in [9.17, 15) is 4.39 Å². The van der Waals surface area contributed by atoms with E-state index in [0.717, 1.165) is 43.5 Å². The molecule has 1 fully saturated rings. The smallest absolute Gasteiger partial charge is 0.225 e. The van der Waals surface area contributed by atoms with Crippen molar-refractivity contribution < 1.29 is 4.39 Å². The molecule has 0 unspecified atom stereocenters. The minimum absolute atomic E-state index is 0.305. The van der Waals surface area contributed by atoms with Crippen LogP contribution < -0.4 is 9.80 Å². The lowest BCUT2D eigenvalue weighted by molar-refractivity contribution is 0.612.